The molecule has 0 saturated carbocycles. The standard InChI is InChI=1S/C14H26ClN3O/c1-7-16-12(13(19-6)9(2)3)8-11-10(4)17-18(5)14(11)15/h9,12-13,16H,7-8H2,1-6H3. The molecule has 0 aromatic carbocycles. The Hall–Kier alpha value is -0.580. The fourth-order valence-corrected chi connectivity index (χ4v) is 2.85. The molecule has 0 aliphatic rings. The molecule has 110 valence electrons. The lowest BCUT2D eigenvalue weighted by Gasteiger charge is -2.29. The first-order valence-corrected chi connectivity index (χ1v) is 7.24. The van der Waals surface area contributed by atoms with Crippen molar-refractivity contribution in [3.05, 3.63) is 16.4 Å². The van der Waals surface area contributed by atoms with Gasteiger partial charge in [-0.1, -0.05) is 32.4 Å². The first-order valence-electron chi connectivity index (χ1n) is 6.86. The monoisotopic (exact) mass is 287 g/mol. The van der Waals surface area contributed by atoms with Crippen LogP contribution in [0.1, 0.15) is 32.0 Å². The SMILES string of the molecule is CCNC(Cc1c(C)nn(C)c1Cl)C(OC)C(C)C. The number of halogens is 1. The van der Waals surface area contributed by atoms with Crippen molar-refractivity contribution in [2.75, 3.05) is 13.7 Å². The highest BCUT2D eigenvalue weighted by atomic mass is 35.5. The molecule has 1 aromatic rings. The normalized spacial score (nSPS) is 14.9. The van der Waals surface area contributed by atoms with Crippen LogP contribution in [0.4, 0.5) is 0 Å². The van der Waals surface area contributed by atoms with Crippen LogP contribution in [-0.2, 0) is 18.2 Å². The lowest BCUT2D eigenvalue weighted by Crippen LogP contribution is -2.45. The van der Waals surface area contributed by atoms with E-state index >= 15 is 0 Å². The molecule has 0 amide bonds. The van der Waals surface area contributed by atoms with E-state index in [1.165, 1.54) is 0 Å². The Balaban J connectivity index is 2.94. The average molecular weight is 288 g/mol. The molecule has 0 aliphatic carbocycles. The fraction of sp³-hybridized carbons (Fsp3) is 0.786. The maximum absolute atomic E-state index is 6.32. The summed E-state index contributed by atoms with van der Waals surface area (Å²) in [5.41, 5.74) is 2.10. The number of hydrogen-bond donors (Lipinski definition) is 1. The Morgan fingerprint density at radius 3 is 2.42 bits per heavy atom. The highest BCUT2D eigenvalue weighted by molar-refractivity contribution is 6.30. The number of hydrogen-bond acceptors (Lipinski definition) is 3. The van der Waals surface area contributed by atoms with Gasteiger partial charge in [-0.2, -0.15) is 5.10 Å². The minimum Gasteiger partial charge on any atom is -0.380 e. The predicted molar refractivity (Wildman–Crippen MR) is 79.8 cm³/mol. The van der Waals surface area contributed by atoms with Crippen molar-refractivity contribution in [1.82, 2.24) is 15.1 Å². The maximum atomic E-state index is 6.32. The summed E-state index contributed by atoms with van der Waals surface area (Å²) in [4.78, 5) is 0. The Morgan fingerprint density at radius 2 is 2.05 bits per heavy atom. The molecule has 4 nitrogen and oxygen atoms in total. The molecule has 1 N–H and O–H groups in total. The number of rotatable bonds is 7. The van der Waals surface area contributed by atoms with Crippen LogP contribution in [0.3, 0.4) is 0 Å². The molecule has 1 rings (SSSR count). The van der Waals surface area contributed by atoms with Crippen LogP contribution in [0.15, 0.2) is 0 Å². The largest absolute Gasteiger partial charge is 0.380 e. The third-order valence-corrected chi connectivity index (χ3v) is 3.96. The molecule has 2 unspecified atom stereocenters. The molecule has 0 fully saturated rings. The molecule has 0 bridgehead atoms. The van der Waals surface area contributed by atoms with Crippen molar-refractivity contribution in [3.63, 3.8) is 0 Å². The van der Waals surface area contributed by atoms with Crippen molar-refractivity contribution in [1.29, 1.82) is 0 Å². The topological polar surface area (TPSA) is 39.1 Å². The number of likely N-dealkylation sites (N-methyl/N-ethyl adjacent to an activating group) is 1. The number of aryl methyl sites for hydroxylation is 2. The molecule has 0 saturated heterocycles. The summed E-state index contributed by atoms with van der Waals surface area (Å²) in [6, 6.07) is 0.246. The summed E-state index contributed by atoms with van der Waals surface area (Å²) >= 11 is 6.32. The van der Waals surface area contributed by atoms with Crippen LogP contribution in [0.25, 0.3) is 0 Å². The van der Waals surface area contributed by atoms with Crippen molar-refractivity contribution < 1.29 is 4.74 Å². The molecule has 5 heteroatoms. The molecule has 0 spiro atoms. The number of ether oxygens (including phenoxy) is 1. The Bertz CT molecular complexity index is 404. The minimum atomic E-state index is 0.163. The van der Waals surface area contributed by atoms with Crippen LogP contribution in [0.5, 0.6) is 0 Å². The zero-order valence-corrected chi connectivity index (χ0v) is 13.6. The zero-order chi connectivity index (χ0) is 14.6. The van der Waals surface area contributed by atoms with E-state index < -0.39 is 0 Å². The van der Waals surface area contributed by atoms with Gasteiger partial charge in [0.05, 0.1) is 11.8 Å². The smallest absolute Gasteiger partial charge is 0.130 e. The predicted octanol–water partition coefficient (Wildman–Crippen LogP) is 2.57. The molecule has 0 radical (unpaired) electrons. The van der Waals surface area contributed by atoms with Gasteiger partial charge in [0.25, 0.3) is 0 Å². The first kappa shape index (κ1) is 16.5. The second-order valence-corrected chi connectivity index (χ2v) is 5.65. The van der Waals surface area contributed by atoms with E-state index in [0.717, 1.165) is 29.4 Å². The fourth-order valence-electron chi connectivity index (χ4n) is 2.59. The van der Waals surface area contributed by atoms with Gasteiger partial charge in [0.2, 0.25) is 0 Å². The van der Waals surface area contributed by atoms with Crippen molar-refractivity contribution in [2.45, 2.75) is 46.3 Å². The first-order chi connectivity index (χ1) is 8.92. The highest BCUT2D eigenvalue weighted by Crippen LogP contribution is 2.23. The van der Waals surface area contributed by atoms with Gasteiger partial charge in [0, 0.05) is 25.8 Å². The third kappa shape index (κ3) is 3.94. The van der Waals surface area contributed by atoms with Crippen LogP contribution < -0.4 is 5.32 Å². The second-order valence-electron chi connectivity index (χ2n) is 5.29. The van der Waals surface area contributed by atoms with Gasteiger partial charge in [-0.25, -0.2) is 0 Å². The Morgan fingerprint density at radius 1 is 1.42 bits per heavy atom. The van der Waals surface area contributed by atoms with Crippen molar-refractivity contribution in [2.24, 2.45) is 13.0 Å². The highest BCUT2D eigenvalue weighted by Gasteiger charge is 2.26. The van der Waals surface area contributed by atoms with Gasteiger partial charge in [0.1, 0.15) is 5.15 Å². The van der Waals surface area contributed by atoms with Gasteiger partial charge >= 0.3 is 0 Å². The van der Waals surface area contributed by atoms with Gasteiger partial charge in [-0.05, 0) is 25.8 Å². The van der Waals surface area contributed by atoms with E-state index in [1.54, 1.807) is 11.8 Å². The number of aromatic nitrogens is 2. The van der Waals surface area contributed by atoms with Crippen LogP contribution in [0, 0.1) is 12.8 Å². The van der Waals surface area contributed by atoms with E-state index in [0.29, 0.717) is 5.92 Å². The van der Waals surface area contributed by atoms with Gasteiger partial charge in [0.15, 0.2) is 0 Å². The summed E-state index contributed by atoms with van der Waals surface area (Å²) in [5.74, 6) is 0.449. The molecule has 2 atom stereocenters. The van der Waals surface area contributed by atoms with Crippen molar-refractivity contribution >= 4 is 11.6 Å². The molecular weight excluding hydrogens is 262 g/mol. The van der Waals surface area contributed by atoms with Gasteiger partial charge in [-0.15, -0.1) is 0 Å². The van der Waals surface area contributed by atoms with Gasteiger partial charge < -0.3 is 10.1 Å². The van der Waals surface area contributed by atoms with E-state index in [4.69, 9.17) is 16.3 Å². The van der Waals surface area contributed by atoms with E-state index in [2.05, 4.69) is 31.2 Å². The zero-order valence-electron chi connectivity index (χ0n) is 12.8. The van der Waals surface area contributed by atoms with Crippen LogP contribution >= 0.6 is 11.6 Å². The minimum absolute atomic E-state index is 0.163. The summed E-state index contributed by atoms with van der Waals surface area (Å²) in [5, 5.41) is 8.60. The van der Waals surface area contributed by atoms with E-state index in [9.17, 15) is 0 Å². The molecule has 1 aromatic heterocycles. The lowest BCUT2D eigenvalue weighted by atomic mass is 9.94. The maximum Gasteiger partial charge on any atom is 0.130 e. The molecule has 0 aliphatic heterocycles. The summed E-state index contributed by atoms with van der Waals surface area (Å²) in [6.07, 6.45) is 0.999. The third-order valence-electron chi connectivity index (χ3n) is 3.49. The quantitative estimate of drug-likeness (QED) is 0.838. The molecular formula is C14H26ClN3O. The van der Waals surface area contributed by atoms with Gasteiger partial charge in [-0.3, -0.25) is 4.68 Å². The molecule has 19 heavy (non-hydrogen) atoms. The Labute approximate surface area is 121 Å². The van der Waals surface area contributed by atoms with Crippen molar-refractivity contribution in [3.8, 4) is 0 Å². The Kier molecular flexibility index (Phi) is 6.30. The number of nitrogens with one attached hydrogen (secondary N) is 1. The van der Waals surface area contributed by atoms with E-state index in [-0.39, 0.29) is 12.1 Å². The number of methoxy groups -OCH3 is 1. The lowest BCUT2D eigenvalue weighted by molar-refractivity contribution is 0.0336. The van der Waals surface area contributed by atoms with Crippen LogP contribution in [0.2, 0.25) is 5.15 Å². The molecule has 1 heterocycles. The van der Waals surface area contributed by atoms with Crippen LogP contribution in [-0.4, -0.2) is 35.6 Å². The second kappa shape index (κ2) is 7.27. The average Bonchev–Trinajstić information content (AvgIpc) is 2.56. The summed E-state index contributed by atoms with van der Waals surface area (Å²) in [6.45, 7) is 9.37. The summed E-state index contributed by atoms with van der Waals surface area (Å²) in [7, 11) is 3.64. The summed E-state index contributed by atoms with van der Waals surface area (Å²) < 4.78 is 7.38. The number of nitrogens with zero attached hydrogens (tertiary/aromatic N) is 2. The van der Waals surface area contributed by atoms with E-state index in [1.807, 2.05) is 14.0 Å².